The Balaban J connectivity index is 2.31. The summed E-state index contributed by atoms with van der Waals surface area (Å²) in [6.07, 6.45) is 0.705. The number of aryl methyl sites for hydroxylation is 1. The zero-order valence-electron chi connectivity index (χ0n) is 11.4. The van der Waals surface area contributed by atoms with E-state index in [1.54, 1.807) is 0 Å². The van der Waals surface area contributed by atoms with Crippen LogP contribution in [0.4, 0.5) is 0 Å². The average Bonchev–Trinajstić information content (AvgIpc) is 2.39. The van der Waals surface area contributed by atoms with E-state index in [1.165, 1.54) is 16.7 Å². The van der Waals surface area contributed by atoms with Crippen LogP contribution < -0.4 is 0 Å². The van der Waals surface area contributed by atoms with Crippen molar-refractivity contribution in [1.82, 2.24) is 0 Å². The van der Waals surface area contributed by atoms with E-state index in [-0.39, 0.29) is 0 Å². The summed E-state index contributed by atoms with van der Waals surface area (Å²) in [5.74, 6) is 0. The summed E-state index contributed by atoms with van der Waals surface area (Å²) in [6.45, 7) is 3.97. The van der Waals surface area contributed by atoms with Gasteiger partial charge < -0.3 is 5.11 Å². The van der Waals surface area contributed by atoms with Gasteiger partial charge in [0.15, 0.2) is 0 Å². The van der Waals surface area contributed by atoms with Crippen LogP contribution in [0.25, 0.3) is 11.1 Å². The van der Waals surface area contributed by atoms with Gasteiger partial charge in [-0.1, -0.05) is 64.5 Å². The molecule has 1 unspecified atom stereocenters. The van der Waals surface area contributed by atoms with Gasteiger partial charge in [0.05, 0.1) is 5.60 Å². The fourth-order valence-electron chi connectivity index (χ4n) is 2.23. The number of alkyl halides is 1. The van der Waals surface area contributed by atoms with Crippen LogP contribution in [0.15, 0.2) is 48.5 Å². The first kappa shape index (κ1) is 14.3. The third kappa shape index (κ3) is 3.26. The third-order valence-corrected chi connectivity index (χ3v) is 3.94. The average molecular weight is 319 g/mol. The molecule has 0 aliphatic rings. The molecule has 0 amide bonds. The van der Waals surface area contributed by atoms with Gasteiger partial charge >= 0.3 is 0 Å². The Hall–Kier alpha value is -1.12. The van der Waals surface area contributed by atoms with Gasteiger partial charge in [-0.15, -0.1) is 0 Å². The molecule has 0 aliphatic carbocycles. The summed E-state index contributed by atoms with van der Waals surface area (Å²) in [6, 6.07) is 16.5. The van der Waals surface area contributed by atoms with E-state index in [4.69, 9.17) is 0 Å². The van der Waals surface area contributed by atoms with Gasteiger partial charge in [-0.2, -0.15) is 0 Å². The van der Waals surface area contributed by atoms with E-state index in [0.717, 1.165) is 10.9 Å². The predicted molar refractivity (Wildman–Crippen MR) is 84.6 cm³/mol. The highest BCUT2D eigenvalue weighted by molar-refractivity contribution is 9.09. The van der Waals surface area contributed by atoms with Gasteiger partial charge in [0.2, 0.25) is 0 Å². The van der Waals surface area contributed by atoms with Crippen molar-refractivity contribution in [3.05, 3.63) is 59.7 Å². The molecule has 0 saturated carbocycles. The molecule has 2 aromatic carbocycles. The molecule has 0 saturated heterocycles. The van der Waals surface area contributed by atoms with Crippen LogP contribution in [-0.2, 0) is 5.60 Å². The van der Waals surface area contributed by atoms with Crippen LogP contribution in [0.3, 0.4) is 0 Å². The predicted octanol–water partition coefficient (Wildman–Crippen LogP) is 4.65. The van der Waals surface area contributed by atoms with Crippen LogP contribution in [-0.4, -0.2) is 10.4 Å². The van der Waals surface area contributed by atoms with Crippen molar-refractivity contribution in [2.75, 3.05) is 5.33 Å². The van der Waals surface area contributed by atoms with E-state index in [0.29, 0.717) is 6.42 Å². The Morgan fingerprint density at radius 2 is 1.68 bits per heavy atom. The molecule has 1 atom stereocenters. The highest BCUT2D eigenvalue weighted by atomic mass is 79.9. The number of halogens is 1. The summed E-state index contributed by atoms with van der Waals surface area (Å²) in [5, 5.41) is 11.2. The minimum atomic E-state index is -0.770. The number of benzene rings is 2. The summed E-state index contributed by atoms with van der Waals surface area (Å²) in [7, 11) is 0. The van der Waals surface area contributed by atoms with Crippen molar-refractivity contribution >= 4 is 15.9 Å². The van der Waals surface area contributed by atoms with E-state index in [9.17, 15) is 5.11 Å². The molecule has 2 aromatic rings. The van der Waals surface area contributed by atoms with E-state index in [1.807, 2.05) is 25.1 Å². The van der Waals surface area contributed by atoms with Crippen molar-refractivity contribution in [1.29, 1.82) is 0 Å². The molecule has 0 spiro atoms. The molecular weight excluding hydrogens is 300 g/mol. The summed E-state index contributed by atoms with van der Waals surface area (Å²) >= 11 is 3.38. The maximum absolute atomic E-state index is 10.4. The topological polar surface area (TPSA) is 20.2 Å². The number of rotatable bonds is 4. The van der Waals surface area contributed by atoms with Crippen LogP contribution in [0, 0.1) is 6.92 Å². The first-order valence-electron chi connectivity index (χ1n) is 6.49. The zero-order chi connectivity index (χ0) is 13.9. The summed E-state index contributed by atoms with van der Waals surface area (Å²) in [5.41, 5.74) is 3.89. The lowest BCUT2D eigenvalue weighted by atomic mass is 9.91. The molecule has 2 rings (SSSR count). The quantitative estimate of drug-likeness (QED) is 0.813. The van der Waals surface area contributed by atoms with Crippen molar-refractivity contribution in [3.63, 3.8) is 0 Å². The van der Waals surface area contributed by atoms with Gasteiger partial charge in [-0.25, -0.2) is 0 Å². The number of hydrogen-bond donors (Lipinski definition) is 1. The summed E-state index contributed by atoms with van der Waals surface area (Å²) in [4.78, 5) is 0. The largest absolute Gasteiger partial charge is 0.385 e. The van der Waals surface area contributed by atoms with Gasteiger partial charge in [0, 0.05) is 5.33 Å². The second-order valence-corrected chi connectivity index (χ2v) is 5.90. The van der Waals surface area contributed by atoms with Crippen LogP contribution in [0.1, 0.15) is 24.5 Å². The van der Waals surface area contributed by atoms with Crippen LogP contribution >= 0.6 is 15.9 Å². The van der Waals surface area contributed by atoms with Crippen molar-refractivity contribution in [3.8, 4) is 11.1 Å². The maximum atomic E-state index is 10.4. The molecule has 0 fully saturated rings. The Kier molecular flexibility index (Phi) is 4.43. The molecule has 2 heteroatoms. The smallest absolute Gasteiger partial charge is 0.0876 e. The number of hydrogen-bond acceptors (Lipinski definition) is 1. The lowest BCUT2D eigenvalue weighted by Crippen LogP contribution is -2.21. The van der Waals surface area contributed by atoms with Gasteiger partial charge in [0.25, 0.3) is 0 Å². The van der Waals surface area contributed by atoms with Crippen molar-refractivity contribution < 1.29 is 5.11 Å². The lowest BCUT2D eigenvalue weighted by molar-refractivity contribution is 0.0547. The molecule has 0 radical (unpaired) electrons. The lowest BCUT2D eigenvalue weighted by Gasteiger charge is -2.23. The Labute approximate surface area is 123 Å². The van der Waals surface area contributed by atoms with Crippen molar-refractivity contribution in [2.24, 2.45) is 0 Å². The molecule has 100 valence electrons. The second kappa shape index (κ2) is 5.89. The molecular formula is C17H19BrO. The molecule has 19 heavy (non-hydrogen) atoms. The first-order chi connectivity index (χ1) is 9.04. The molecule has 1 nitrogen and oxygen atoms in total. The number of aliphatic hydroxyl groups is 1. The fourth-order valence-corrected chi connectivity index (χ4v) is 3.01. The summed E-state index contributed by atoms with van der Waals surface area (Å²) < 4.78 is 0. The normalized spacial score (nSPS) is 14.1. The van der Waals surface area contributed by atoms with E-state index >= 15 is 0 Å². The van der Waals surface area contributed by atoms with Crippen LogP contribution in [0.5, 0.6) is 0 Å². The Morgan fingerprint density at radius 1 is 1.05 bits per heavy atom. The first-order valence-corrected chi connectivity index (χ1v) is 7.61. The SMILES string of the molecule is Cc1ccccc1-c1ccc(C(C)(O)CCBr)cc1. The van der Waals surface area contributed by atoms with E-state index in [2.05, 4.69) is 53.2 Å². The molecule has 0 aromatic heterocycles. The van der Waals surface area contributed by atoms with Gasteiger partial charge in [-0.3, -0.25) is 0 Å². The second-order valence-electron chi connectivity index (χ2n) is 5.11. The molecule has 0 heterocycles. The van der Waals surface area contributed by atoms with Crippen LogP contribution in [0.2, 0.25) is 0 Å². The minimum Gasteiger partial charge on any atom is -0.385 e. The minimum absolute atomic E-state index is 0.705. The fraction of sp³-hybridized carbons (Fsp3) is 0.294. The maximum Gasteiger partial charge on any atom is 0.0876 e. The highest BCUT2D eigenvalue weighted by Gasteiger charge is 2.21. The Morgan fingerprint density at radius 3 is 2.26 bits per heavy atom. The zero-order valence-corrected chi connectivity index (χ0v) is 12.9. The molecule has 0 bridgehead atoms. The molecule has 0 aliphatic heterocycles. The van der Waals surface area contributed by atoms with Gasteiger partial charge in [0.1, 0.15) is 0 Å². The standard InChI is InChI=1S/C17H19BrO/c1-13-5-3-4-6-16(13)14-7-9-15(10-8-14)17(2,19)11-12-18/h3-10,19H,11-12H2,1-2H3. The Bertz CT molecular complexity index is 543. The highest BCUT2D eigenvalue weighted by Crippen LogP contribution is 2.29. The monoisotopic (exact) mass is 318 g/mol. The molecule has 1 N–H and O–H groups in total. The van der Waals surface area contributed by atoms with Gasteiger partial charge in [-0.05, 0) is 42.5 Å². The van der Waals surface area contributed by atoms with Crippen molar-refractivity contribution in [2.45, 2.75) is 25.9 Å². The third-order valence-electron chi connectivity index (χ3n) is 3.54. The van der Waals surface area contributed by atoms with E-state index < -0.39 is 5.60 Å².